The summed E-state index contributed by atoms with van der Waals surface area (Å²) in [5.74, 6) is 0.863. The minimum atomic E-state index is -3.70. The van der Waals surface area contributed by atoms with Crippen molar-refractivity contribution >= 4 is 21.6 Å². The highest BCUT2D eigenvalue weighted by atomic mass is 32.2. The highest BCUT2D eigenvalue weighted by Crippen LogP contribution is 2.26. The van der Waals surface area contributed by atoms with Crippen molar-refractivity contribution < 1.29 is 22.7 Å². The maximum atomic E-state index is 12.9. The Morgan fingerprint density at radius 3 is 2.41 bits per heavy atom. The third kappa shape index (κ3) is 6.12. The molecule has 0 aliphatic heterocycles. The number of sulfonamides is 1. The van der Waals surface area contributed by atoms with Crippen LogP contribution < -0.4 is 19.1 Å². The van der Waals surface area contributed by atoms with E-state index in [0.29, 0.717) is 24.5 Å². The van der Waals surface area contributed by atoms with Crippen LogP contribution in [-0.4, -0.2) is 40.3 Å². The second-order valence-electron chi connectivity index (χ2n) is 6.48. The van der Waals surface area contributed by atoms with Crippen LogP contribution in [-0.2, 0) is 21.4 Å². The fourth-order valence-electron chi connectivity index (χ4n) is 3.03. The second kappa shape index (κ2) is 10.2. The summed E-state index contributed by atoms with van der Waals surface area (Å²) in [6.07, 6.45) is 1.41. The predicted octanol–water partition coefficient (Wildman–Crippen LogP) is 2.95. The normalized spacial score (nSPS) is 12.1. The van der Waals surface area contributed by atoms with E-state index >= 15 is 0 Å². The number of nitrogens with one attached hydrogen (secondary N) is 1. The van der Waals surface area contributed by atoms with Crippen molar-refractivity contribution in [1.82, 2.24) is 5.32 Å². The Hall–Kier alpha value is -2.74. The molecule has 29 heavy (non-hydrogen) atoms. The highest BCUT2D eigenvalue weighted by Gasteiger charge is 2.31. The zero-order valence-corrected chi connectivity index (χ0v) is 18.0. The lowest BCUT2D eigenvalue weighted by Gasteiger charge is -2.30. The number of methoxy groups -OCH3 is 1. The molecule has 0 aliphatic rings. The molecule has 0 radical (unpaired) electrons. The van der Waals surface area contributed by atoms with Gasteiger partial charge < -0.3 is 14.8 Å². The molecule has 0 fully saturated rings. The standard InChI is InChI=1S/C21H28N2O5S/c1-5-20(21(24)22-15-16-9-7-12-19(13-16)28-6-2)23(29(4,25)26)17-10-8-11-18(14-17)27-3/h7-14,20H,5-6,15H2,1-4H3,(H,22,24)/t20-/m0/s1. The Morgan fingerprint density at radius 1 is 1.10 bits per heavy atom. The molecule has 0 bridgehead atoms. The molecule has 0 unspecified atom stereocenters. The van der Waals surface area contributed by atoms with Gasteiger partial charge in [-0.25, -0.2) is 8.42 Å². The van der Waals surface area contributed by atoms with E-state index in [2.05, 4.69) is 5.32 Å². The van der Waals surface area contributed by atoms with Crippen LogP contribution in [0.1, 0.15) is 25.8 Å². The van der Waals surface area contributed by atoms with E-state index in [4.69, 9.17) is 9.47 Å². The topological polar surface area (TPSA) is 84.9 Å². The van der Waals surface area contributed by atoms with Gasteiger partial charge in [0.15, 0.2) is 0 Å². The first-order chi connectivity index (χ1) is 13.8. The summed E-state index contributed by atoms with van der Waals surface area (Å²) >= 11 is 0. The number of nitrogens with zero attached hydrogens (tertiary/aromatic N) is 1. The number of hydrogen-bond donors (Lipinski definition) is 1. The summed E-state index contributed by atoms with van der Waals surface area (Å²) in [6, 6.07) is 13.2. The average molecular weight is 421 g/mol. The molecular weight excluding hydrogens is 392 g/mol. The molecule has 1 N–H and O–H groups in total. The van der Waals surface area contributed by atoms with Gasteiger partial charge in [0.1, 0.15) is 17.5 Å². The SMILES string of the molecule is CCOc1cccc(CNC(=O)[C@H](CC)N(c2cccc(OC)c2)S(C)(=O)=O)c1. The molecular formula is C21H28N2O5S. The second-order valence-corrected chi connectivity index (χ2v) is 8.34. The van der Waals surface area contributed by atoms with Crippen LogP contribution in [0.4, 0.5) is 5.69 Å². The number of amides is 1. The van der Waals surface area contributed by atoms with Gasteiger partial charge >= 0.3 is 0 Å². The van der Waals surface area contributed by atoms with Gasteiger partial charge in [0.2, 0.25) is 15.9 Å². The van der Waals surface area contributed by atoms with Crippen LogP contribution in [0.15, 0.2) is 48.5 Å². The molecule has 0 heterocycles. The van der Waals surface area contributed by atoms with Crippen LogP contribution in [0.25, 0.3) is 0 Å². The number of carbonyl (C=O) groups is 1. The van der Waals surface area contributed by atoms with Crippen molar-refractivity contribution in [3.8, 4) is 11.5 Å². The van der Waals surface area contributed by atoms with E-state index in [9.17, 15) is 13.2 Å². The van der Waals surface area contributed by atoms with Gasteiger partial charge in [-0.15, -0.1) is 0 Å². The molecule has 158 valence electrons. The van der Waals surface area contributed by atoms with Gasteiger partial charge in [0.25, 0.3) is 0 Å². The molecule has 0 saturated heterocycles. The fraction of sp³-hybridized carbons (Fsp3) is 0.381. The van der Waals surface area contributed by atoms with Gasteiger partial charge in [0, 0.05) is 12.6 Å². The van der Waals surface area contributed by atoms with E-state index < -0.39 is 16.1 Å². The van der Waals surface area contributed by atoms with E-state index in [0.717, 1.165) is 21.9 Å². The lowest BCUT2D eigenvalue weighted by atomic mass is 10.1. The van der Waals surface area contributed by atoms with Crippen LogP contribution in [0, 0.1) is 0 Å². The summed E-state index contributed by atoms with van der Waals surface area (Å²) in [7, 11) is -2.20. The first-order valence-electron chi connectivity index (χ1n) is 9.43. The minimum absolute atomic E-state index is 0.270. The zero-order chi connectivity index (χ0) is 21.4. The van der Waals surface area contributed by atoms with Crippen molar-refractivity contribution in [1.29, 1.82) is 0 Å². The van der Waals surface area contributed by atoms with Crippen molar-refractivity contribution in [2.24, 2.45) is 0 Å². The van der Waals surface area contributed by atoms with E-state index in [1.54, 1.807) is 31.2 Å². The Labute approximate surface area is 172 Å². The van der Waals surface area contributed by atoms with Crippen LogP contribution in [0.3, 0.4) is 0 Å². The minimum Gasteiger partial charge on any atom is -0.497 e. The molecule has 2 aromatic carbocycles. The summed E-state index contributed by atoms with van der Waals surface area (Å²) in [6.45, 7) is 4.50. The van der Waals surface area contributed by atoms with Gasteiger partial charge in [-0.2, -0.15) is 0 Å². The number of benzene rings is 2. The summed E-state index contributed by atoms with van der Waals surface area (Å²) in [5, 5.41) is 2.84. The first-order valence-corrected chi connectivity index (χ1v) is 11.3. The molecule has 0 saturated carbocycles. The molecule has 0 aromatic heterocycles. The monoisotopic (exact) mass is 420 g/mol. The summed E-state index contributed by atoms with van der Waals surface area (Å²) in [5.41, 5.74) is 1.25. The number of carbonyl (C=O) groups excluding carboxylic acids is 1. The smallest absolute Gasteiger partial charge is 0.244 e. The first kappa shape index (κ1) is 22.5. The lowest BCUT2D eigenvalue weighted by molar-refractivity contribution is -0.122. The molecule has 0 spiro atoms. The van der Waals surface area contributed by atoms with Crippen LogP contribution in [0.2, 0.25) is 0 Å². The molecule has 1 amide bonds. The third-order valence-corrected chi connectivity index (χ3v) is 5.49. The predicted molar refractivity (Wildman–Crippen MR) is 114 cm³/mol. The maximum Gasteiger partial charge on any atom is 0.244 e. The van der Waals surface area contributed by atoms with E-state index in [1.807, 2.05) is 31.2 Å². The number of hydrogen-bond acceptors (Lipinski definition) is 5. The van der Waals surface area contributed by atoms with Crippen molar-refractivity contribution in [3.63, 3.8) is 0 Å². The average Bonchev–Trinajstić information content (AvgIpc) is 2.69. The Balaban J connectivity index is 2.23. The molecule has 1 atom stereocenters. The van der Waals surface area contributed by atoms with Gasteiger partial charge in [-0.1, -0.05) is 25.1 Å². The van der Waals surface area contributed by atoms with E-state index in [1.165, 1.54) is 7.11 Å². The van der Waals surface area contributed by atoms with Crippen LogP contribution >= 0.6 is 0 Å². The van der Waals surface area contributed by atoms with Crippen molar-refractivity contribution in [3.05, 3.63) is 54.1 Å². The van der Waals surface area contributed by atoms with Gasteiger partial charge in [-0.3, -0.25) is 9.10 Å². The maximum absolute atomic E-state index is 12.9. The Morgan fingerprint density at radius 2 is 1.79 bits per heavy atom. The number of anilines is 1. The zero-order valence-electron chi connectivity index (χ0n) is 17.2. The number of rotatable bonds is 10. The van der Waals surface area contributed by atoms with Gasteiger partial charge in [-0.05, 0) is 43.2 Å². The van der Waals surface area contributed by atoms with Crippen molar-refractivity contribution in [2.45, 2.75) is 32.9 Å². The van der Waals surface area contributed by atoms with Crippen molar-refractivity contribution in [2.75, 3.05) is 24.3 Å². The third-order valence-electron chi connectivity index (χ3n) is 4.31. The largest absolute Gasteiger partial charge is 0.497 e. The molecule has 8 heteroatoms. The Kier molecular flexibility index (Phi) is 7.90. The molecule has 2 aromatic rings. The number of ether oxygens (including phenoxy) is 2. The molecule has 2 rings (SSSR count). The van der Waals surface area contributed by atoms with Crippen LogP contribution in [0.5, 0.6) is 11.5 Å². The summed E-state index contributed by atoms with van der Waals surface area (Å²) < 4.78 is 36.8. The fourth-order valence-corrected chi connectivity index (χ4v) is 4.23. The Bertz CT molecular complexity index is 930. The summed E-state index contributed by atoms with van der Waals surface area (Å²) in [4.78, 5) is 12.9. The molecule has 7 nitrogen and oxygen atoms in total. The highest BCUT2D eigenvalue weighted by molar-refractivity contribution is 7.92. The van der Waals surface area contributed by atoms with E-state index in [-0.39, 0.29) is 12.5 Å². The lowest BCUT2D eigenvalue weighted by Crippen LogP contribution is -2.49. The quantitative estimate of drug-likeness (QED) is 0.639. The molecule has 0 aliphatic carbocycles. The van der Waals surface area contributed by atoms with Gasteiger partial charge in [0.05, 0.1) is 25.7 Å².